The van der Waals surface area contributed by atoms with Gasteiger partial charge in [0, 0.05) is 17.9 Å². The molecule has 0 fully saturated rings. The number of hydrogen-bond donors (Lipinski definition) is 2. The summed E-state index contributed by atoms with van der Waals surface area (Å²) in [5, 5.41) is 4.09. The fourth-order valence-corrected chi connectivity index (χ4v) is 2.97. The van der Waals surface area contributed by atoms with E-state index in [1.54, 1.807) is 35.1 Å². The highest BCUT2D eigenvalue weighted by Crippen LogP contribution is 2.17. The van der Waals surface area contributed by atoms with Crippen molar-refractivity contribution in [3.8, 4) is 0 Å². The van der Waals surface area contributed by atoms with Crippen molar-refractivity contribution in [2.75, 3.05) is 10.5 Å². The molecule has 0 bridgehead atoms. The Morgan fingerprint density at radius 2 is 2.05 bits per heavy atom. The van der Waals surface area contributed by atoms with E-state index in [1.807, 2.05) is 13.8 Å². The maximum Gasteiger partial charge on any atom is 0.237 e. The second kappa shape index (κ2) is 5.54. The highest BCUT2D eigenvalue weighted by atomic mass is 32.2. The number of nitrogen functional groups attached to an aromatic ring is 1. The smallest absolute Gasteiger partial charge is 0.237 e. The molecule has 1 heterocycles. The van der Waals surface area contributed by atoms with Gasteiger partial charge in [0.25, 0.3) is 0 Å². The molecule has 3 N–H and O–H groups in total. The van der Waals surface area contributed by atoms with E-state index in [0.29, 0.717) is 16.9 Å². The number of sulfonamides is 1. The Kier molecular flexibility index (Phi) is 3.99. The van der Waals surface area contributed by atoms with Gasteiger partial charge in [0.2, 0.25) is 10.0 Å². The zero-order valence-electron chi connectivity index (χ0n) is 11.4. The maximum atomic E-state index is 12.1. The number of anilines is 2. The van der Waals surface area contributed by atoms with Gasteiger partial charge in [-0.2, -0.15) is 5.10 Å². The lowest BCUT2D eigenvalue weighted by atomic mass is 10.2. The monoisotopic (exact) mass is 294 g/mol. The maximum absolute atomic E-state index is 12.1. The fraction of sp³-hybridized carbons (Fsp3) is 0.308. The van der Waals surface area contributed by atoms with Crippen LogP contribution in [0.4, 0.5) is 11.4 Å². The Labute approximate surface area is 118 Å². The lowest BCUT2D eigenvalue weighted by Gasteiger charge is -2.08. The number of benzene rings is 1. The van der Waals surface area contributed by atoms with Crippen molar-refractivity contribution < 1.29 is 8.42 Å². The lowest BCUT2D eigenvalue weighted by molar-refractivity contribution is 0.532. The van der Waals surface area contributed by atoms with Crippen LogP contribution in [0.25, 0.3) is 0 Å². The van der Waals surface area contributed by atoms with E-state index in [0.717, 1.165) is 0 Å². The summed E-state index contributed by atoms with van der Waals surface area (Å²) in [5.41, 5.74) is 7.26. The second-order valence-electron chi connectivity index (χ2n) is 4.86. The summed E-state index contributed by atoms with van der Waals surface area (Å²) in [6, 6.07) is 7.09. The first kappa shape index (κ1) is 14.4. The molecule has 0 radical (unpaired) electrons. The van der Waals surface area contributed by atoms with Crippen LogP contribution >= 0.6 is 0 Å². The first-order valence-corrected chi connectivity index (χ1v) is 7.90. The highest BCUT2D eigenvalue weighted by Gasteiger charge is 2.14. The molecular weight excluding hydrogens is 276 g/mol. The van der Waals surface area contributed by atoms with Crippen LogP contribution in [-0.2, 0) is 15.8 Å². The summed E-state index contributed by atoms with van der Waals surface area (Å²) in [4.78, 5) is 0. The third-order valence-corrected chi connectivity index (χ3v) is 4.04. The number of para-hydroxylation sites is 1. The molecule has 2 rings (SSSR count). The molecule has 0 atom stereocenters. The predicted molar refractivity (Wildman–Crippen MR) is 79.7 cm³/mol. The molecule has 20 heavy (non-hydrogen) atoms. The predicted octanol–water partition coefficient (Wildman–Crippen LogP) is 1.99. The number of rotatable bonds is 5. The van der Waals surface area contributed by atoms with Gasteiger partial charge in [-0.15, -0.1) is 0 Å². The molecule has 1 aromatic carbocycles. The number of nitrogens with two attached hydrogens (primary N) is 1. The number of aromatic nitrogens is 2. The molecular formula is C13H18N4O2S. The SMILES string of the molecule is CC(C)n1cc(NS(=O)(=O)Cc2ccccc2N)cn1. The van der Waals surface area contributed by atoms with E-state index < -0.39 is 10.0 Å². The van der Waals surface area contributed by atoms with Gasteiger partial charge in [-0.1, -0.05) is 18.2 Å². The standard InChI is InChI=1S/C13H18N4O2S/c1-10(2)17-8-12(7-15-17)16-20(18,19)9-11-5-3-4-6-13(11)14/h3-8,10,16H,9,14H2,1-2H3. The van der Waals surface area contributed by atoms with Crippen molar-refractivity contribution in [1.29, 1.82) is 0 Å². The topological polar surface area (TPSA) is 90.0 Å². The Bertz CT molecular complexity index is 692. The van der Waals surface area contributed by atoms with Crippen molar-refractivity contribution in [3.63, 3.8) is 0 Å². The normalized spacial score (nSPS) is 11.8. The number of nitrogens with one attached hydrogen (secondary N) is 1. The van der Waals surface area contributed by atoms with Crippen molar-refractivity contribution in [2.45, 2.75) is 25.6 Å². The first-order chi connectivity index (χ1) is 9.37. The lowest BCUT2D eigenvalue weighted by Crippen LogP contribution is -2.15. The molecule has 0 aliphatic carbocycles. The first-order valence-electron chi connectivity index (χ1n) is 6.25. The summed E-state index contributed by atoms with van der Waals surface area (Å²) in [6.07, 6.45) is 3.16. The average Bonchev–Trinajstić information content (AvgIpc) is 2.79. The zero-order chi connectivity index (χ0) is 14.8. The van der Waals surface area contributed by atoms with E-state index in [2.05, 4.69) is 9.82 Å². The van der Waals surface area contributed by atoms with Gasteiger partial charge in [-0.05, 0) is 25.5 Å². The quantitative estimate of drug-likeness (QED) is 0.825. The summed E-state index contributed by atoms with van der Waals surface area (Å²) in [6.45, 7) is 3.94. The summed E-state index contributed by atoms with van der Waals surface area (Å²) in [5.74, 6) is -0.160. The van der Waals surface area contributed by atoms with Crippen molar-refractivity contribution in [3.05, 3.63) is 42.2 Å². The largest absolute Gasteiger partial charge is 0.398 e. The van der Waals surface area contributed by atoms with Gasteiger partial charge >= 0.3 is 0 Å². The van der Waals surface area contributed by atoms with E-state index in [-0.39, 0.29) is 11.8 Å². The molecule has 108 valence electrons. The van der Waals surface area contributed by atoms with E-state index in [9.17, 15) is 8.42 Å². The molecule has 0 spiro atoms. The van der Waals surface area contributed by atoms with Crippen LogP contribution in [0, 0.1) is 0 Å². The highest BCUT2D eigenvalue weighted by molar-refractivity contribution is 7.91. The molecule has 0 saturated heterocycles. The van der Waals surface area contributed by atoms with Crippen LogP contribution in [0.2, 0.25) is 0 Å². The Balaban J connectivity index is 2.13. The van der Waals surface area contributed by atoms with E-state index >= 15 is 0 Å². The molecule has 2 aromatic rings. The van der Waals surface area contributed by atoms with Crippen molar-refractivity contribution >= 4 is 21.4 Å². The number of hydrogen-bond acceptors (Lipinski definition) is 4. The van der Waals surface area contributed by atoms with Crippen LogP contribution in [0.5, 0.6) is 0 Å². The third kappa shape index (κ3) is 3.51. The minimum atomic E-state index is -3.51. The number of nitrogens with zero attached hydrogens (tertiary/aromatic N) is 2. The summed E-state index contributed by atoms with van der Waals surface area (Å²) >= 11 is 0. The van der Waals surface area contributed by atoms with Crippen LogP contribution < -0.4 is 10.5 Å². The fourth-order valence-electron chi connectivity index (χ4n) is 1.76. The van der Waals surface area contributed by atoms with Crippen LogP contribution in [0.15, 0.2) is 36.7 Å². The van der Waals surface area contributed by atoms with Gasteiger partial charge in [-0.25, -0.2) is 8.42 Å². The molecule has 1 aromatic heterocycles. The Morgan fingerprint density at radius 3 is 2.65 bits per heavy atom. The van der Waals surface area contributed by atoms with Gasteiger partial charge in [-0.3, -0.25) is 9.40 Å². The molecule has 0 amide bonds. The molecule has 0 unspecified atom stereocenters. The van der Waals surface area contributed by atoms with Gasteiger partial charge in [0.1, 0.15) is 0 Å². The molecule has 6 nitrogen and oxygen atoms in total. The van der Waals surface area contributed by atoms with Crippen LogP contribution in [-0.4, -0.2) is 18.2 Å². The minimum Gasteiger partial charge on any atom is -0.398 e. The van der Waals surface area contributed by atoms with E-state index in [4.69, 9.17) is 5.73 Å². The van der Waals surface area contributed by atoms with Crippen molar-refractivity contribution in [1.82, 2.24) is 9.78 Å². The van der Waals surface area contributed by atoms with Gasteiger partial charge in [0.15, 0.2) is 0 Å². The molecule has 0 aliphatic rings. The van der Waals surface area contributed by atoms with Crippen LogP contribution in [0.1, 0.15) is 25.5 Å². The Morgan fingerprint density at radius 1 is 1.35 bits per heavy atom. The van der Waals surface area contributed by atoms with E-state index in [1.165, 1.54) is 6.20 Å². The molecule has 0 aliphatic heterocycles. The molecule has 0 saturated carbocycles. The summed E-state index contributed by atoms with van der Waals surface area (Å²) in [7, 11) is -3.51. The van der Waals surface area contributed by atoms with Gasteiger partial charge < -0.3 is 5.73 Å². The van der Waals surface area contributed by atoms with Crippen LogP contribution in [0.3, 0.4) is 0 Å². The Hall–Kier alpha value is -2.02. The minimum absolute atomic E-state index is 0.160. The van der Waals surface area contributed by atoms with Gasteiger partial charge in [0.05, 0.1) is 17.6 Å². The zero-order valence-corrected chi connectivity index (χ0v) is 12.3. The average molecular weight is 294 g/mol. The van der Waals surface area contributed by atoms with Crippen molar-refractivity contribution in [2.24, 2.45) is 0 Å². The molecule has 7 heteroatoms. The second-order valence-corrected chi connectivity index (χ2v) is 6.59. The summed E-state index contributed by atoms with van der Waals surface area (Å²) < 4.78 is 28.4. The third-order valence-electron chi connectivity index (χ3n) is 2.80.